The summed E-state index contributed by atoms with van der Waals surface area (Å²) in [5, 5.41) is 0.620. The van der Waals surface area contributed by atoms with E-state index < -0.39 is 12.0 Å². The van der Waals surface area contributed by atoms with Crippen LogP contribution in [0, 0.1) is 0 Å². The Labute approximate surface area is 193 Å². The third-order valence-electron chi connectivity index (χ3n) is 5.25. The maximum Gasteiger partial charge on any atom is 0.338 e. The highest BCUT2D eigenvalue weighted by atomic mass is 35.5. The normalized spacial score (nSPS) is 15.9. The molecular weight excluding hydrogens is 448 g/mol. The number of aromatic nitrogens is 1. The van der Waals surface area contributed by atoms with E-state index in [-0.39, 0.29) is 5.56 Å². The number of carbonyl (C=O) groups is 1. The molecule has 0 amide bonds. The molecular formula is C24H21ClN2O4S. The van der Waals surface area contributed by atoms with Gasteiger partial charge in [-0.05, 0) is 36.3 Å². The summed E-state index contributed by atoms with van der Waals surface area (Å²) in [6.45, 7) is 1.92. The summed E-state index contributed by atoms with van der Waals surface area (Å²) < 4.78 is 12.7. The van der Waals surface area contributed by atoms with Crippen molar-refractivity contribution in [2.24, 2.45) is 4.99 Å². The monoisotopic (exact) mass is 468 g/mol. The fourth-order valence-corrected chi connectivity index (χ4v) is 4.91. The summed E-state index contributed by atoms with van der Waals surface area (Å²) in [7, 11) is 2.89. The van der Waals surface area contributed by atoms with Gasteiger partial charge in [0.05, 0.1) is 30.0 Å². The molecule has 4 rings (SSSR count). The number of esters is 1. The Morgan fingerprint density at radius 3 is 2.56 bits per heavy atom. The summed E-state index contributed by atoms with van der Waals surface area (Å²) in [5.41, 5.74) is 2.22. The number of hydrogen-bond acceptors (Lipinski definition) is 6. The number of carbonyl (C=O) groups excluding carboxylic acids is 1. The third kappa shape index (κ3) is 3.89. The average Bonchev–Trinajstić information content (AvgIpc) is 3.13. The van der Waals surface area contributed by atoms with Crippen LogP contribution in [0.2, 0.25) is 5.02 Å². The summed E-state index contributed by atoms with van der Waals surface area (Å²) in [5.74, 6) is 0.0528. The Kier molecular flexibility index (Phi) is 6.30. The van der Waals surface area contributed by atoms with Crippen LogP contribution in [0.3, 0.4) is 0 Å². The van der Waals surface area contributed by atoms with Crippen LogP contribution in [-0.2, 0) is 9.53 Å². The number of halogens is 1. The van der Waals surface area contributed by atoms with Gasteiger partial charge in [-0.3, -0.25) is 9.36 Å². The van der Waals surface area contributed by atoms with Crippen LogP contribution >= 0.6 is 22.9 Å². The van der Waals surface area contributed by atoms with Crippen LogP contribution < -0.4 is 19.6 Å². The van der Waals surface area contributed by atoms with Gasteiger partial charge < -0.3 is 9.47 Å². The first-order chi connectivity index (χ1) is 15.5. The number of hydrogen-bond donors (Lipinski definition) is 0. The van der Waals surface area contributed by atoms with E-state index in [2.05, 4.69) is 4.99 Å². The molecule has 0 saturated heterocycles. The fourth-order valence-electron chi connectivity index (χ4n) is 3.76. The SMILES string of the molecule is CCC1=C(C(=O)OC)[C@@H](c2ccccc2OC)n2c(s/c(=C\c3ccc(Cl)cc3)c2=O)=N1. The summed E-state index contributed by atoms with van der Waals surface area (Å²) in [4.78, 5) is 31.6. The van der Waals surface area contributed by atoms with E-state index in [9.17, 15) is 9.59 Å². The lowest BCUT2D eigenvalue weighted by atomic mass is 9.94. The highest BCUT2D eigenvalue weighted by Gasteiger charge is 2.35. The molecule has 32 heavy (non-hydrogen) atoms. The molecule has 0 aliphatic carbocycles. The van der Waals surface area contributed by atoms with Gasteiger partial charge >= 0.3 is 5.97 Å². The number of thiazole rings is 1. The third-order valence-corrected chi connectivity index (χ3v) is 6.49. The van der Waals surface area contributed by atoms with Crippen LogP contribution in [-0.4, -0.2) is 24.8 Å². The molecule has 8 heteroatoms. The molecule has 1 atom stereocenters. The van der Waals surface area contributed by atoms with Gasteiger partial charge in [-0.2, -0.15) is 0 Å². The first-order valence-electron chi connectivity index (χ1n) is 10.00. The molecule has 2 heterocycles. The Balaban J connectivity index is 2.03. The highest BCUT2D eigenvalue weighted by Crippen LogP contribution is 2.36. The van der Waals surface area contributed by atoms with Crippen molar-refractivity contribution in [2.75, 3.05) is 14.2 Å². The minimum Gasteiger partial charge on any atom is -0.496 e. The average molecular weight is 469 g/mol. The number of ether oxygens (including phenoxy) is 2. The second kappa shape index (κ2) is 9.14. The standard InChI is InChI=1S/C24H21ClN2O4S/c1-4-17-20(23(29)31-3)21(16-7-5-6-8-18(16)30-2)27-22(28)19(32-24(27)26-17)13-14-9-11-15(25)12-10-14/h5-13,21H,4H2,1-3H3/b19-13-/t21-/m1/s1. The van der Waals surface area contributed by atoms with Crippen LogP contribution in [0.1, 0.15) is 30.5 Å². The van der Waals surface area contributed by atoms with Crippen molar-refractivity contribution in [3.8, 4) is 5.75 Å². The van der Waals surface area contributed by atoms with Gasteiger partial charge in [-0.1, -0.05) is 60.2 Å². The van der Waals surface area contributed by atoms with E-state index in [0.29, 0.717) is 43.4 Å². The minimum atomic E-state index is -0.711. The largest absolute Gasteiger partial charge is 0.496 e. The lowest BCUT2D eigenvalue weighted by molar-refractivity contribution is -0.136. The summed E-state index contributed by atoms with van der Waals surface area (Å²) in [6.07, 6.45) is 2.31. The lowest BCUT2D eigenvalue weighted by Gasteiger charge is -2.26. The topological polar surface area (TPSA) is 69.9 Å². The first-order valence-corrected chi connectivity index (χ1v) is 11.2. The zero-order valence-corrected chi connectivity index (χ0v) is 19.4. The van der Waals surface area contributed by atoms with E-state index in [1.54, 1.807) is 36.0 Å². The quantitative estimate of drug-likeness (QED) is 0.538. The van der Waals surface area contributed by atoms with Gasteiger partial charge in [0.2, 0.25) is 0 Å². The van der Waals surface area contributed by atoms with Crippen LogP contribution in [0.25, 0.3) is 6.08 Å². The van der Waals surface area contributed by atoms with Gasteiger partial charge in [-0.25, -0.2) is 9.79 Å². The molecule has 1 aromatic heterocycles. The molecule has 0 radical (unpaired) electrons. The zero-order chi connectivity index (χ0) is 22.8. The molecule has 164 valence electrons. The Bertz CT molecular complexity index is 1390. The Morgan fingerprint density at radius 1 is 1.19 bits per heavy atom. The van der Waals surface area contributed by atoms with Crippen LogP contribution in [0.4, 0.5) is 0 Å². The Hall–Kier alpha value is -3.16. The molecule has 6 nitrogen and oxygen atoms in total. The van der Waals surface area contributed by atoms with E-state index in [0.717, 1.165) is 5.56 Å². The van der Waals surface area contributed by atoms with Crippen LogP contribution in [0.15, 0.2) is 69.6 Å². The highest BCUT2D eigenvalue weighted by molar-refractivity contribution is 7.07. The molecule has 0 spiro atoms. The molecule has 0 N–H and O–H groups in total. The molecule has 3 aromatic rings. The molecule has 0 unspecified atom stereocenters. The molecule has 0 saturated carbocycles. The molecule has 0 bridgehead atoms. The molecule has 0 fully saturated rings. The first kappa shape index (κ1) is 22.0. The lowest BCUT2D eigenvalue weighted by Crippen LogP contribution is -2.40. The molecule has 1 aliphatic heterocycles. The predicted molar refractivity (Wildman–Crippen MR) is 125 cm³/mol. The number of fused-ring (bicyclic) bond motifs is 1. The maximum absolute atomic E-state index is 13.6. The van der Waals surface area contributed by atoms with Crippen molar-refractivity contribution in [2.45, 2.75) is 19.4 Å². The number of methoxy groups -OCH3 is 2. The van der Waals surface area contributed by atoms with Gasteiger partial charge in [0.25, 0.3) is 5.56 Å². The van der Waals surface area contributed by atoms with E-state index in [4.69, 9.17) is 21.1 Å². The van der Waals surface area contributed by atoms with E-state index >= 15 is 0 Å². The van der Waals surface area contributed by atoms with E-state index in [1.165, 1.54) is 18.4 Å². The molecule has 1 aliphatic rings. The summed E-state index contributed by atoms with van der Waals surface area (Å²) >= 11 is 7.26. The smallest absolute Gasteiger partial charge is 0.338 e. The van der Waals surface area contributed by atoms with Crippen molar-refractivity contribution in [3.05, 3.63) is 95.6 Å². The zero-order valence-electron chi connectivity index (χ0n) is 17.8. The van der Waals surface area contributed by atoms with Gasteiger partial charge in [0.15, 0.2) is 4.80 Å². The number of allylic oxidation sites excluding steroid dienone is 1. The van der Waals surface area contributed by atoms with Crippen molar-refractivity contribution in [1.29, 1.82) is 0 Å². The maximum atomic E-state index is 13.6. The second-order valence-electron chi connectivity index (χ2n) is 7.08. The number of para-hydroxylation sites is 1. The predicted octanol–water partition coefficient (Wildman–Crippen LogP) is 3.46. The number of benzene rings is 2. The van der Waals surface area contributed by atoms with Crippen LogP contribution in [0.5, 0.6) is 5.75 Å². The van der Waals surface area contributed by atoms with Crippen molar-refractivity contribution >= 4 is 35.0 Å². The fraction of sp³-hybridized carbons (Fsp3) is 0.208. The van der Waals surface area contributed by atoms with Crippen molar-refractivity contribution in [3.63, 3.8) is 0 Å². The number of nitrogens with zero attached hydrogens (tertiary/aromatic N) is 2. The van der Waals surface area contributed by atoms with Crippen molar-refractivity contribution < 1.29 is 14.3 Å². The molecule has 2 aromatic carbocycles. The van der Waals surface area contributed by atoms with Crippen molar-refractivity contribution in [1.82, 2.24) is 4.57 Å². The van der Waals surface area contributed by atoms with E-state index in [1.807, 2.05) is 37.3 Å². The summed E-state index contributed by atoms with van der Waals surface area (Å²) in [6, 6.07) is 13.9. The second-order valence-corrected chi connectivity index (χ2v) is 8.53. The number of rotatable bonds is 5. The minimum absolute atomic E-state index is 0.240. The van der Waals surface area contributed by atoms with Gasteiger partial charge in [0, 0.05) is 10.6 Å². The van der Waals surface area contributed by atoms with Gasteiger partial charge in [0.1, 0.15) is 11.8 Å². The van der Waals surface area contributed by atoms with Gasteiger partial charge in [-0.15, -0.1) is 0 Å². The Morgan fingerprint density at radius 2 is 1.91 bits per heavy atom.